The molecule has 1 N–H and O–H groups in total. The Balaban J connectivity index is 2.09. The van der Waals surface area contributed by atoms with Crippen molar-refractivity contribution in [2.45, 2.75) is 6.61 Å². The Bertz CT molecular complexity index is 562. The van der Waals surface area contributed by atoms with Gasteiger partial charge in [-0.2, -0.15) is 0 Å². The van der Waals surface area contributed by atoms with Crippen molar-refractivity contribution in [2.75, 3.05) is 0 Å². The molecule has 0 aliphatic carbocycles. The zero-order chi connectivity index (χ0) is 13.1. The van der Waals surface area contributed by atoms with Gasteiger partial charge in [-0.1, -0.05) is 11.2 Å². The maximum Gasteiger partial charge on any atom is 0.358 e. The molecule has 0 atom stereocenters. The first-order chi connectivity index (χ1) is 8.58. The highest BCUT2D eigenvalue weighted by Gasteiger charge is 2.14. The molecular weight excluding hydrogens is 248 g/mol. The van der Waals surface area contributed by atoms with Gasteiger partial charge in [0, 0.05) is 6.07 Å². The summed E-state index contributed by atoms with van der Waals surface area (Å²) in [7, 11) is 0. The molecule has 0 aliphatic heterocycles. The van der Waals surface area contributed by atoms with Crippen molar-refractivity contribution >= 4 is 5.97 Å². The van der Waals surface area contributed by atoms with Crippen molar-refractivity contribution in [3.8, 4) is 5.75 Å². The summed E-state index contributed by atoms with van der Waals surface area (Å²) in [5.74, 6) is -3.47. The second kappa shape index (κ2) is 4.82. The van der Waals surface area contributed by atoms with Crippen LogP contribution in [0.25, 0.3) is 0 Å². The second-order valence-electron chi connectivity index (χ2n) is 3.32. The van der Waals surface area contributed by atoms with Gasteiger partial charge in [-0.05, 0) is 12.1 Å². The summed E-state index contributed by atoms with van der Waals surface area (Å²) in [6, 6.07) is 4.40. The molecule has 0 saturated carbocycles. The summed E-state index contributed by atoms with van der Waals surface area (Å²) in [6.45, 7) is -0.321. The van der Waals surface area contributed by atoms with E-state index in [9.17, 15) is 13.6 Å². The van der Waals surface area contributed by atoms with Crippen LogP contribution in [0.2, 0.25) is 0 Å². The number of carbonyl (C=O) groups is 1. The lowest BCUT2D eigenvalue weighted by molar-refractivity contribution is 0.0685. The van der Waals surface area contributed by atoms with Gasteiger partial charge in [0.1, 0.15) is 6.61 Å². The molecule has 5 nitrogen and oxygen atoms in total. The first kappa shape index (κ1) is 12.0. The summed E-state index contributed by atoms with van der Waals surface area (Å²) in [5, 5.41) is 11.8. The van der Waals surface area contributed by atoms with Crippen LogP contribution in [0.4, 0.5) is 8.78 Å². The smallest absolute Gasteiger partial charge is 0.358 e. The van der Waals surface area contributed by atoms with Gasteiger partial charge in [0.15, 0.2) is 28.8 Å². The molecule has 0 amide bonds. The van der Waals surface area contributed by atoms with Crippen LogP contribution in [-0.2, 0) is 6.61 Å². The molecule has 2 aromatic rings. The van der Waals surface area contributed by atoms with Crippen LogP contribution in [-0.4, -0.2) is 16.2 Å². The lowest BCUT2D eigenvalue weighted by Gasteiger charge is -2.05. The van der Waals surface area contributed by atoms with Crippen molar-refractivity contribution in [2.24, 2.45) is 0 Å². The van der Waals surface area contributed by atoms with Crippen LogP contribution in [0.1, 0.15) is 16.2 Å². The number of carboxylic acid groups (broad SMARTS) is 1. The van der Waals surface area contributed by atoms with Crippen molar-refractivity contribution in [1.82, 2.24) is 5.16 Å². The molecule has 0 spiro atoms. The quantitative estimate of drug-likeness (QED) is 0.906. The number of rotatable bonds is 4. The Morgan fingerprint density at radius 1 is 1.39 bits per heavy atom. The summed E-state index contributed by atoms with van der Waals surface area (Å²) >= 11 is 0. The third-order valence-electron chi connectivity index (χ3n) is 2.06. The predicted octanol–water partition coefficient (Wildman–Crippen LogP) is 2.23. The number of para-hydroxylation sites is 1. The Morgan fingerprint density at radius 3 is 2.61 bits per heavy atom. The first-order valence-electron chi connectivity index (χ1n) is 4.83. The molecule has 0 aliphatic rings. The van der Waals surface area contributed by atoms with Crippen molar-refractivity contribution in [1.29, 1.82) is 0 Å². The largest absolute Gasteiger partial charge is 0.479 e. The van der Waals surface area contributed by atoms with Crippen LogP contribution in [0.3, 0.4) is 0 Å². The number of carboxylic acids is 1. The van der Waals surface area contributed by atoms with E-state index in [4.69, 9.17) is 9.84 Å². The summed E-state index contributed by atoms with van der Waals surface area (Å²) in [6.07, 6.45) is 0. The van der Waals surface area contributed by atoms with Crippen molar-refractivity contribution < 1.29 is 27.9 Å². The molecule has 1 aromatic carbocycles. The Morgan fingerprint density at radius 2 is 2.06 bits per heavy atom. The highest BCUT2D eigenvalue weighted by molar-refractivity contribution is 5.85. The van der Waals surface area contributed by atoms with Crippen molar-refractivity contribution in [3.63, 3.8) is 0 Å². The first-order valence-corrected chi connectivity index (χ1v) is 4.83. The van der Waals surface area contributed by atoms with E-state index in [2.05, 4.69) is 9.68 Å². The Labute approximate surface area is 99.6 Å². The molecule has 0 radical (unpaired) electrons. The number of nitrogens with zero attached hydrogens (tertiary/aromatic N) is 1. The number of hydrogen-bond acceptors (Lipinski definition) is 4. The fourth-order valence-corrected chi connectivity index (χ4v) is 1.25. The lowest BCUT2D eigenvalue weighted by Crippen LogP contribution is -1.99. The lowest BCUT2D eigenvalue weighted by atomic mass is 10.3. The van der Waals surface area contributed by atoms with Gasteiger partial charge in [-0.3, -0.25) is 0 Å². The van der Waals surface area contributed by atoms with E-state index in [1.807, 2.05) is 0 Å². The highest BCUT2D eigenvalue weighted by atomic mass is 19.1. The van der Waals surface area contributed by atoms with Crippen LogP contribution in [0.5, 0.6) is 5.75 Å². The van der Waals surface area contributed by atoms with Gasteiger partial charge in [0.2, 0.25) is 0 Å². The average molecular weight is 255 g/mol. The minimum Gasteiger partial charge on any atom is -0.479 e. The van der Waals surface area contributed by atoms with Gasteiger partial charge in [0.05, 0.1) is 0 Å². The third kappa shape index (κ3) is 2.45. The van der Waals surface area contributed by atoms with Crippen LogP contribution in [0, 0.1) is 11.6 Å². The Hall–Kier alpha value is -2.44. The number of hydrogen-bond donors (Lipinski definition) is 1. The van der Waals surface area contributed by atoms with Crippen molar-refractivity contribution in [3.05, 3.63) is 47.4 Å². The predicted molar refractivity (Wildman–Crippen MR) is 54.2 cm³/mol. The summed E-state index contributed by atoms with van der Waals surface area (Å²) in [5.41, 5.74) is -0.303. The van der Waals surface area contributed by atoms with Gasteiger partial charge < -0.3 is 14.4 Å². The van der Waals surface area contributed by atoms with E-state index < -0.39 is 23.4 Å². The van der Waals surface area contributed by atoms with E-state index in [1.165, 1.54) is 6.07 Å². The fraction of sp³-hybridized carbons (Fsp3) is 0.0909. The molecule has 1 heterocycles. The Kier molecular flexibility index (Phi) is 3.22. The molecule has 2 rings (SSSR count). The van der Waals surface area contributed by atoms with E-state index >= 15 is 0 Å². The zero-order valence-electron chi connectivity index (χ0n) is 8.89. The third-order valence-corrected chi connectivity index (χ3v) is 2.06. The standard InChI is InChI=1S/C11H7F2NO4/c12-7-2-1-3-8(13)10(7)17-5-6-4-9(11(15)16)14-18-6/h1-4H,5H2,(H,15,16). The molecular formula is C11H7F2NO4. The number of benzene rings is 1. The molecule has 94 valence electrons. The van der Waals surface area contributed by atoms with E-state index in [1.54, 1.807) is 0 Å². The van der Waals surface area contributed by atoms with Gasteiger partial charge in [-0.25, -0.2) is 13.6 Å². The molecule has 18 heavy (non-hydrogen) atoms. The van der Waals surface area contributed by atoms with Gasteiger partial charge in [0.25, 0.3) is 0 Å². The van der Waals surface area contributed by atoms with Crippen LogP contribution >= 0.6 is 0 Å². The monoisotopic (exact) mass is 255 g/mol. The van der Waals surface area contributed by atoms with Crippen LogP contribution < -0.4 is 4.74 Å². The maximum absolute atomic E-state index is 13.2. The minimum absolute atomic E-state index is 0.0510. The fourth-order valence-electron chi connectivity index (χ4n) is 1.25. The topological polar surface area (TPSA) is 72.6 Å². The molecule has 1 aromatic heterocycles. The van der Waals surface area contributed by atoms with E-state index in [-0.39, 0.29) is 18.1 Å². The van der Waals surface area contributed by atoms with E-state index in [0.717, 1.165) is 18.2 Å². The number of aromatic nitrogens is 1. The SMILES string of the molecule is O=C(O)c1cc(COc2c(F)cccc2F)on1. The normalized spacial score (nSPS) is 10.3. The molecule has 0 unspecified atom stereocenters. The molecule has 0 fully saturated rings. The molecule has 7 heteroatoms. The maximum atomic E-state index is 13.2. The molecule has 0 saturated heterocycles. The average Bonchev–Trinajstić information content (AvgIpc) is 2.77. The van der Waals surface area contributed by atoms with Gasteiger partial charge >= 0.3 is 5.97 Å². The van der Waals surface area contributed by atoms with Crippen LogP contribution in [0.15, 0.2) is 28.8 Å². The highest BCUT2D eigenvalue weighted by Crippen LogP contribution is 2.22. The number of aromatic carboxylic acids is 1. The summed E-state index contributed by atoms with van der Waals surface area (Å²) < 4.78 is 35.9. The summed E-state index contributed by atoms with van der Waals surface area (Å²) in [4.78, 5) is 10.5. The number of halogens is 2. The number of ether oxygens (including phenoxy) is 1. The minimum atomic E-state index is -1.26. The van der Waals surface area contributed by atoms with E-state index in [0.29, 0.717) is 0 Å². The molecule has 0 bridgehead atoms. The zero-order valence-corrected chi connectivity index (χ0v) is 8.89. The second-order valence-corrected chi connectivity index (χ2v) is 3.32. The van der Waals surface area contributed by atoms with Gasteiger partial charge in [-0.15, -0.1) is 0 Å².